The maximum Gasteiger partial charge on any atom is 0.272 e. The van der Waals surface area contributed by atoms with Crippen LogP contribution in [0.25, 0.3) is 5.69 Å². The lowest BCUT2D eigenvalue weighted by Gasteiger charge is -2.28. The number of carbonyl (C=O) groups is 1. The fraction of sp³-hybridized carbons (Fsp3) is 0.474. The van der Waals surface area contributed by atoms with Crippen molar-refractivity contribution >= 4 is 5.91 Å². The van der Waals surface area contributed by atoms with E-state index in [1.807, 2.05) is 0 Å². The largest absolute Gasteiger partial charge is 0.348 e. The summed E-state index contributed by atoms with van der Waals surface area (Å²) in [6, 6.07) is 4.20. The molecule has 2 atom stereocenters. The van der Waals surface area contributed by atoms with Crippen LogP contribution in [0.1, 0.15) is 47.9 Å². The molecule has 1 aliphatic heterocycles. The fourth-order valence-corrected chi connectivity index (χ4v) is 3.97. The quantitative estimate of drug-likeness (QED) is 0.884. The minimum absolute atomic E-state index is 0.129. The second kappa shape index (κ2) is 6.79. The van der Waals surface area contributed by atoms with E-state index in [2.05, 4.69) is 22.7 Å². The van der Waals surface area contributed by atoms with E-state index in [1.165, 1.54) is 6.07 Å². The first-order chi connectivity index (χ1) is 12.5. The highest BCUT2D eigenvalue weighted by atomic mass is 19.2. The van der Waals surface area contributed by atoms with Gasteiger partial charge in [-0.2, -0.15) is 5.10 Å². The molecule has 1 aliphatic carbocycles. The summed E-state index contributed by atoms with van der Waals surface area (Å²) in [5, 5.41) is 10.9. The van der Waals surface area contributed by atoms with Crippen LogP contribution in [0, 0.1) is 11.6 Å². The monoisotopic (exact) mass is 360 g/mol. The van der Waals surface area contributed by atoms with Crippen molar-refractivity contribution in [1.29, 1.82) is 0 Å². The number of piperidine rings is 1. The van der Waals surface area contributed by atoms with Gasteiger partial charge in [0, 0.05) is 29.4 Å². The highest BCUT2D eigenvalue weighted by molar-refractivity contribution is 5.94. The van der Waals surface area contributed by atoms with Gasteiger partial charge in [-0.1, -0.05) is 0 Å². The van der Waals surface area contributed by atoms with Gasteiger partial charge in [-0.25, -0.2) is 13.5 Å². The number of hydrogen-bond donors (Lipinski definition) is 2. The van der Waals surface area contributed by atoms with Crippen molar-refractivity contribution in [2.24, 2.45) is 0 Å². The number of benzene rings is 1. The van der Waals surface area contributed by atoms with E-state index >= 15 is 0 Å². The van der Waals surface area contributed by atoms with Crippen molar-refractivity contribution in [3.05, 3.63) is 46.8 Å². The molecule has 2 aliphatic rings. The predicted molar refractivity (Wildman–Crippen MR) is 93.5 cm³/mol. The van der Waals surface area contributed by atoms with E-state index in [0.717, 1.165) is 62.0 Å². The lowest BCUT2D eigenvalue weighted by atomic mass is 10.0. The Balaban J connectivity index is 1.63. The van der Waals surface area contributed by atoms with Crippen LogP contribution in [-0.2, 0) is 12.8 Å². The number of halogens is 2. The zero-order chi connectivity index (χ0) is 18.3. The van der Waals surface area contributed by atoms with Gasteiger partial charge in [0.05, 0.1) is 5.69 Å². The Bertz CT molecular complexity index is 848. The third-order valence-electron chi connectivity index (χ3n) is 5.25. The lowest BCUT2D eigenvalue weighted by Crippen LogP contribution is -2.46. The highest BCUT2D eigenvalue weighted by Gasteiger charge is 2.29. The Labute approximate surface area is 150 Å². The van der Waals surface area contributed by atoms with Gasteiger partial charge in [-0.3, -0.25) is 4.79 Å². The summed E-state index contributed by atoms with van der Waals surface area (Å²) in [7, 11) is 0. The Hall–Kier alpha value is -2.28. The molecule has 7 heteroatoms. The van der Waals surface area contributed by atoms with Gasteiger partial charge in [0.15, 0.2) is 17.3 Å². The number of amides is 1. The average Bonchev–Trinajstić information content (AvgIpc) is 3.20. The topological polar surface area (TPSA) is 59.0 Å². The van der Waals surface area contributed by atoms with Gasteiger partial charge in [0.1, 0.15) is 0 Å². The second-order valence-corrected chi connectivity index (χ2v) is 7.19. The SMILES string of the molecule is CC1CC(NC(=O)c2nn(-c3ccc(F)c(F)c3)c3c2CCC3)CCN1. The summed E-state index contributed by atoms with van der Waals surface area (Å²) in [5.74, 6) is -1.99. The van der Waals surface area contributed by atoms with Gasteiger partial charge in [-0.15, -0.1) is 0 Å². The van der Waals surface area contributed by atoms with Crippen LogP contribution in [0.4, 0.5) is 8.78 Å². The average molecular weight is 360 g/mol. The van der Waals surface area contributed by atoms with Gasteiger partial charge in [-0.05, 0) is 57.7 Å². The van der Waals surface area contributed by atoms with E-state index in [9.17, 15) is 13.6 Å². The number of carbonyl (C=O) groups excluding carboxylic acids is 1. The van der Waals surface area contributed by atoms with Crippen LogP contribution in [0.5, 0.6) is 0 Å². The van der Waals surface area contributed by atoms with Crippen molar-refractivity contribution in [3.8, 4) is 5.69 Å². The molecule has 2 unspecified atom stereocenters. The molecular weight excluding hydrogens is 338 g/mol. The summed E-state index contributed by atoms with van der Waals surface area (Å²) < 4.78 is 28.5. The maximum atomic E-state index is 13.6. The molecule has 4 rings (SSSR count). The van der Waals surface area contributed by atoms with Crippen LogP contribution in [0.2, 0.25) is 0 Å². The molecule has 26 heavy (non-hydrogen) atoms. The van der Waals surface area contributed by atoms with Gasteiger partial charge in [0.2, 0.25) is 0 Å². The van der Waals surface area contributed by atoms with E-state index in [0.29, 0.717) is 17.4 Å². The Morgan fingerprint density at radius 3 is 2.92 bits per heavy atom. The Morgan fingerprint density at radius 1 is 1.31 bits per heavy atom. The Kier molecular flexibility index (Phi) is 4.48. The molecule has 0 saturated carbocycles. The summed E-state index contributed by atoms with van der Waals surface area (Å²) in [6.07, 6.45) is 4.27. The van der Waals surface area contributed by atoms with Crippen LogP contribution >= 0.6 is 0 Å². The highest BCUT2D eigenvalue weighted by Crippen LogP contribution is 2.28. The Morgan fingerprint density at radius 2 is 2.15 bits per heavy atom. The first-order valence-electron chi connectivity index (χ1n) is 9.13. The summed E-state index contributed by atoms with van der Waals surface area (Å²) in [6.45, 7) is 2.99. The number of fused-ring (bicyclic) bond motifs is 1. The number of aromatic nitrogens is 2. The number of nitrogens with one attached hydrogen (secondary N) is 2. The number of rotatable bonds is 3. The zero-order valence-electron chi connectivity index (χ0n) is 14.7. The molecule has 0 spiro atoms. The van der Waals surface area contributed by atoms with E-state index in [1.54, 1.807) is 4.68 Å². The van der Waals surface area contributed by atoms with Crippen molar-refractivity contribution in [3.63, 3.8) is 0 Å². The first kappa shape index (κ1) is 17.1. The van der Waals surface area contributed by atoms with Gasteiger partial charge < -0.3 is 10.6 Å². The molecular formula is C19H22F2N4O. The molecule has 1 saturated heterocycles. The van der Waals surface area contributed by atoms with Crippen LogP contribution in [0.15, 0.2) is 18.2 Å². The molecule has 1 amide bonds. The summed E-state index contributed by atoms with van der Waals surface area (Å²) in [4.78, 5) is 12.8. The van der Waals surface area contributed by atoms with E-state index in [-0.39, 0.29) is 11.9 Å². The predicted octanol–water partition coefficient (Wildman–Crippen LogP) is 2.51. The van der Waals surface area contributed by atoms with E-state index < -0.39 is 11.6 Å². The normalized spacial score (nSPS) is 22.3. The van der Waals surface area contributed by atoms with Crippen LogP contribution in [0.3, 0.4) is 0 Å². The molecule has 0 bridgehead atoms. The molecule has 1 aromatic carbocycles. The molecule has 5 nitrogen and oxygen atoms in total. The minimum Gasteiger partial charge on any atom is -0.348 e. The first-order valence-corrected chi connectivity index (χ1v) is 9.13. The second-order valence-electron chi connectivity index (χ2n) is 7.19. The molecule has 138 valence electrons. The van der Waals surface area contributed by atoms with Crippen LogP contribution < -0.4 is 10.6 Å². The molecule has 2 heterocycles. The summed E-state index contributed by atoms with van der Waals surface area (Å²) >= 11 is 0. The van der Waals surface area contributed by atoms with Crippen molar-refractivity contribution < 1.29 is 13.6 Å². The molecule has 2 N–H and O–H groups in total. The van der Waals surface area contributed by atoms with Crippen molar-refractivity contribution in [2.75, 3.05) is 6.54 Å². The lowest BCUT2D eigenvalue weighted by molar-refractivity contribution is 0.0919. The third kappa shape index (κ3) is 3.11. The molecule has 1 fully saturated rings. The summed E-state index contributed by atoms with van der Waals surface area (Å²) in [5.41, 5.74) is 2.69. The fourth-order valence-electron chi connectivity index (χ4n) is 3.97. The van der Waals surface area contributed by atoms with Crippen molar-refractivity contribution in [2.45, 2.75) is 51.1 Å². The molecule has 2 aromatic rings. The number of nitrogens with zero attached hydrogens (tertiary/aromatic N) is 2. The van der Waals surface area contributed by atoms with Crippen molar-refractivity contribution in [1.82, 2.24) is 20.4 Å². The van der Waals surface area contributed by atoms with Gasteiger partial charge >= 0.3 is 0 Å². The maximum absolute atomic E-state index is 13.6. The van der Waals surface area contributed by atoms with Crippen LogP contribution in [-0.4, -0.2) is 34.3 Å². The molecule has 1 aromatic heterocycles. The molecule has 0 radical (unpaired) electrons. The van der Waals surface area contributed by atoms with Gasteiger partial charge in [0.25, 0.3) is 5.91 Å². The zero-order valence-corrected chi connectivity index (χ0v) is 14.7. The minimum atomic E-state index is -0.917. The van der Waals surface area contributed by atoms with E-state index in [4.69, 9.17) is 0 Å². The smallest absolute Gasteiger partial charge is 0.272 e. The standard InChI is InChI=1S/C19H22F2N4O/c1-11-9-12(7-8-22-11)23-19(26)18-14-3-2-4-17(14)25(24-18)13-5-6-15(20)16(21)10-13/h5-6,10-12,22H,2-4,7-9H2,1H3,(H,23,26). The third-order valence-corrected chi connectivity index (χ3v) is 5.25. The number of hydrogen-bond acceptors (Lipinski definition) is 3.